The lowest BCUT2D eigenvalue weighted by Crippen LogP contribution is -2.06. The van der Waals surface area contributed by atoms with Gasteiger partial charge in [-0.1, -0.05) is 0 Å². The molecule has 0 atom stereocenters. The van der Waals surface area contributed by atoms with Crippen LogP contribution >= 0.6 is 12.6 Å². The van der Waals surface area contributed by atoms with Crippen LogP contribution in [0.15, 0.2) is 0 Å². The van der Waals surface area contributed by atoms with E-state index in [9.17, 15) is 4.79 Å². The zero-order chi connectivity index (χ0) is 7.11. The Labute approximate surface area is 59.7 Å². The summed E-state index contributed by atoms with van der Waals surface area (Å²) in [7, 11) is 1.58. The molecule has 4 heteroatoms. The van der Waals surface area contributed by atoms with Gasteiger partial charge in [0.1, 0.15) is 6.61 Å². The second kappa shape index (κ2) is 6.07. The predicted octanol–water partition coefficient (Wildman–Crippen LogP) is 0.106. The second-order valence-corrected chi connectivity index (χ2v) is 1.94. The SMILES string of the molecule is COCCOCC(=O)S. The van der Waals surface area contributed by atoms with E-state index in [0.29, 0.717) is 13.2 Å². The van der Waals surface area contributed by atoms with E-state index in [4.69, 9.17) is 4.74 Å². The lowest BCUT2D eigenvalue weighted by molar-refractivity contribution is -0.115. The van der Waals surface area contributed by atoms with Gasteiger partial charge in [-0.05, 0) is 0 Å². The maximum absolute atomic E-state index is 10.1. The molecule has 0 aromatic heterocycles. The van der Waals surface area contributed by atoms with Crippen molar-refractivity contribution < 1.29 is 14.3 Å². The minimum atomic E-state index is -0.258. The van der Waals surface area contributed by atoms with Crippen molar-refractivity contribution in [2.45, 2.75) is 0 Å². The maximum Gasteiger partial charge on any atom is 0.211 e. The van der Waals surface area contributed by atoms with Gasteiger partial charge in [-0.3, -0.25) is 4.79 Å². The molecule has 0 fully saturated rings. The third kappa shape index (κ3) is 7.94. The van der Waals surface area contributed by atoms with Crippen molar-refractivity contribution in [3.8, 4) is 0 Å². The highest BCUT2D eigenvalue weighted by Crippen LogP contribution is 1.80. The number of carbonyl (C=O) groups excluding carboxylic acids is 1. The van der Waals surface area contributed by atoms with Crippen LogP contribution in [0.2, 0.25) is 0 Å². The fourth-order valence-electron chi connectivity index (χ4n) is 0.302. The smallest absolute Gasteiger partial charge is 0.211 e. The van der Waals surface area contributed by atoms with Crippen LogP contribution in [-0.2, 0) is 14.3 Å². The average Bonchev–Trinajstić information content (AvgIpc) is 1.80. The van der Waals surface area contributed by atoms with E-state index in [0.717, 1.165) is 0 Å². The fourth-order valence-corrected chi connectivity index (χ4v) is 0.393. The molecule has 0 unspecified atom stereocenters. The van der Waals surface area contributed by atoms with Crippen LogP contribution in [0, 0.1) is 0 Å². The first-order valence-electron chi connectivity index (χ1n) is 2.56. The molecule has 0 aliphatic heterocycles. The number of carbonyl (C=O) groups is 1. The number of thiol groups is 1. The van der Waals surface area contributed by atoms with Gasteiger partial charge in [0.05, 0.1) is 13.2 Å². The van der Waals surface area contributed by atoms with Gasteiger partial charge in [0.15, 0.2) is 0 Å². The highest BCUT2D eigenvalue weighted by Gasteiger charge is 1.91. The minimum Gasteiger partial charge on any atom is -0.382 e. The van der Waals surface area contributed by atoms with E-state index in [-0.39, 0.29) is 11.7 Å². The van der Waals surface area contributed by atoms with E-state index >= 15 is 0 Å². The zero-order valence-electron chi connectivity index (χ0n) is 5.29. The molecule has 0 N–H and O–H groups in total. The van der Waals surface area contributed by atoms with Crippen molar-refractivity contribution in [2.75, 3.05) is 26.9 Å². The number of ether oxygens (including phenoxy) is 2. The highest BCUT2D eigenvalue weighted by atomic mass is 32.1. The largest absolute Gasteiger partial charge is 0.382 e. The molecule has 0 amide bonds. The van der Waals surface area contributed by atoms with Gasteiger partial charge in [-0.25, -0.2) is 0 Å². The zero-order valence-corrected chi connectivity index (χ0v) is 6.19. The van der Waals surface area contributed by atoms with E-state index in [2.05, 4.69) is 17.4 Å². The van der Waals surface area contributed by atoms with E-state index in [1.165, 1.54) is 0 Å². The first kappa shape index (κ1) is 8.94. The van der Waals surface area contributed by atoms with Gasteiger partial charge in [0, 0.05) is 7.11 Å². The molecule has 0 heterocycles. The normalized spacial score (nSPS) is 9.56. The summed E-state index contributed by atoms with van der Waals surface area (Å²) >= 11 is 3.50. The molecule has 9 heavy (non-hydrogen) atoms. The molecule has 0 aromatic carbocycles. The molecule has 0 aromatic rings. The van der Waals surface area contributed by atoms with Crippen molar-refractivity contribution in [1.82, 2.24) is 0 Å². The minimum absolute atomic E-state index is 0.0620. The van der Waals surface area contributed by atoms with Crippen molar-refractivity contribution in [3.05, 3.63) is 0 Å². The summed E-state index contributed by atoms with van der Waals surface area (Å²) in [5.74, 6) is 0. The van der Waals surface area contributed by atoms with Crippen LogP contribution in [0.4, 0.5) is 0 Å². The van der Waals surface area contributed by atoms with Gasteiger partial charge in [0.2, 0.25) is 5.12 Å². The molecule has 54 valence electrons. The van der Waals surface area contributed by atoms with Crippen molar-refractivity contribution in [2.24, 2.45) is 0 Å². The van der Waals surface area contributed by atoms with Gasteiger partial charge in [-0.15, -0.1) is 12.6 Å². The van der Waals surface area contributed by atoms with Crippen molar-refractivity contribution in [3.63, 3.8) is 0 Å². The van der Waals surface area contributed by atoms with Gasteiger partial charge in [-0.2, -0.15) is 0 Å². The molecule has 0 aliphatic carbocycles. The number of rotatable bonds is 5. The number of methoxy groups -OCH3 is 1. The second-order valence-electron chi connectivity index (χ2n) is 1.44. The summed E-state index contributed by atoms with van der Waals surface area (Å²) in [4.78, 5) is 10.1. The van der Waals surface area contributed by atoms with Crippen molar-refractivity contribution in [1.29, 1.82) is 0 Å². The summed E-state index contributed by atoms with van der Waals surface area (Å²) in [6.07, 6.45) is 0. The molecule has 0 saturated carbocycles. The summed E-state index contributed by atoms with van der Waals surface area (Å²) in [5.41, 5.74) is 0. The third-order valence-electron chi connectivity index (χ3n) is 0.657. The lowest BCUT2D eigenvalue weighted by atomic mass is 10.7. The Morgan fingerprint density at radius 3 is 2.67 bits per heavy atom. The summed E-state index contributed by atoms with van der Waals surface area (Å²) in [6.45, 7) is 1.02. The predicted molar refractivity (Wildman–Crippen MR) is 36.7 cm³/mol. The van der Waals surface area contributed by atoms with Crippen LogP contribution in [0.5, 0.6) is 0 Å². The van der Waals surface area contributed by atoms with Gasteiger partial charge < -0.3 is 9.47 Å². The highest BCUT2D eigenvalue weighted by molar-refractivity contribution is 7.96. The molecule has 3 nitrogen and oxygen atoms in total. The Hall–Kier alpha value is -0.0600. The van der Waals surface area contributed by atoms with E-state index in [1.54, 1.807) is 7.11 Å². The molecular formula is C5H10O3S. The summed E-state index contributed by atoms with van der Waals surface area (Å²) in [6, 6.07) is 0. The topological polar surface area (TPSA) is 35.5 Å². The van der Waals surface area contributed by atoms with E-state index < -0.39 is 0 Å². The van der Waals surface area contributed by atoms with Crippen LogP contribution in [0.3, 0.4) is 0 Å². The summed E-state index contributed by atoms with van der Waals surface area (Å²) < 4.78 is 9.45. The fraction of sp³-hybridized carbons (Fsp3) is 0.800. The first-order chi connectivity index (χ1) is 4.27. The molecular weight excluding hydrogens is 140 g/mol. The Morgan fingerprint density at radius 2 is 2.22 bits per heavy atom. The molecule has 0 spiro atoms. The standard InChI is InChI=1S/C5H10O3S/c1-7-2-3-8-4-5(6)9/h2-4H2,1H3,(H,6,9). The quantitative estimate of drug-likeness (QED) is 0.446. The van der Waals surface area contributed by atoms with Gasteiger partial charge >= 0.3 is 0 Å². The van der Waals surface area contributed by atoms with Gasteiger partial charge in [0.25, 0.3) is 0 Å². The monoisotopic (exact) mass is 150 g/mol. The lowest BCUT2D eigenvalue weighted by Gasteiger charge is -1.97. The molecule has 0 bridgehead atoms. The first-order valence-corrected chi connectivity index (χ1v) is 3.00. The molecule has 0 aliphatic rings. The number of hydrogen-bond donors (Lipinski definition) is 1. The van der Waals surface area contributed by atoms with Crippen LogP contribution in [0.1, 0.15) is 0 Å². The molecule has 0 saturated heterocycles. The van der Waals surface area contributed by atoms with Crippen LogP contribution in [-0.4, -0.2) is 32.0 Å². The van der Waals surface area contributed by atoms with E-state index in [1.807, 2.05) is 0 Å². The van der Waals surface area contributed by atoms with Crippen LogP contribution < -0.4 is 0 Å². The Kier molecular flexibility index (Phi) is 6.03. The molecule has 0 radical (unpaired) electrons. The Bertz CT molecular complexity index is 84.3. The summed E-state index contributed by atoms with van der Waals surface area (Å²) in [5, 5.41) is -0.258. The average molecular weight is 150 g/mol. The Balaban J connectivity index is 2.83. The Morgan fingerprint density at radius 1 is 1.56 bits per heavy atom. The third-order valence-corrected chi connectivity index (χ3v) is 0.786. The molecule has 0 rings (SSSR count). The van der Waals surface area contributed by atoms with Crippen LogP contribution in [0.25, 0.3) is 0 Å². The van der Waals surface area contributed by atoms with Crippen molar-refractivity contribution >= 4 is 17.7 Å². The number of hydrogen-bond acceptors (Lipinski definition) is 3. The maximum atomic E-state index is 10.1.